The SMILES string of the molecule is CC#CCOc1ccc(CN(C(=O)c2ccc3ccccc3n2)C2CCCC2)cc1. The Kier molecular flexibility index (Phi) is 6.29. The molecule has 0 bridgehead atoms. The average molecular weight is 399 g/mol. The zero-order valence-corrected chi connectivity index (χ0v) is 17.3. The van der Waals surface area contributed by atoms with Gasteiger partial charge in [0.1, 0.15) is 18.1 Å². The molecule has 0 unspecified atom stereocenters. The van der Waals surface area contributed by atoms with Gasteiger partial charge in [-0.3, -0.25) is 4.79 Å². The fourth-order valence-corrected chi connectivity index (χ4v) is 3.99. The van der Waals surface area contributed by atoms with Crippen molar-refractivity contribution in [3.63, 3.8) is 0 Å². The molecule has 1 aromatic heterocycles. The van der Waals surface area contributed by atoms with E-state index in [4.69, 9.17) is 4.74 Å². The lowest BCUT2D eigenvalue weighted by Crippen LogP contribution is -2.38. The van der Waals surface area contributed by atoms with E-state index >= 15 is 0 Å². The zero-order chi connectivity index (χ0) is 20.8. The predicted octanol–water partition coefficient (Wildman–Crippen LogP) is 5.22. The number of ether oxygens (including phenoxy) is 1. The number of para-hydroxylation sites is 1. The van der Waals surface area contributed by atoms with Crippen LogP contribution in [0.25, 0.3) is 10.9 Å². The first-order chi connectivity index (χ1) is 14.7. The van der Waals surface area contributed by atoms with Gasteiger partial charge < -0.3 is 9.64 Å². The van der Waals surface area contributed by atoms with Gasteiger partial charge in [-0.25, -0.2) is 4.98 Å². The van der Waals surface area contributed by atoms with Crippen molar-refractivity contribution in [3.8, 4) is 17.6 Å². The minimum absolute atomic E-state index is 0.00574. The maximum atomic E-state index is 13.4. The number of benzene rings is 2. The van der Waals surface area contributed by atoms with Crippen LogP contribution in [0, 0.1) is 11.8 Å². The fourth-order valence-electron chi connectivity index (χ4n) is 3.99. The number of fused-ring (bicyclic) bond motifs is 1. The molecule has 1 aliphatic rings. The second kappa shape index (κ2) is 9.45. The first-order valence-corrected chi connectivity index (χ1v) is 10.5. The number of hydrogen-bond donors (Lipinski definition) is 0. The highest BCUT2D eigenvalue weighted by molar-refractivity contribution is 5.95. The summed E-state index contributed by atoms with van der Waals surface area (Å²) in [6.07, 6.45) is 4.45. The Hall–Kier alpha value is -3.32. The van der Waals surface area contributed by atoms with Crippen LogP contribution in [0.5, 0.6) is 5.75 Å². The Morgan fingerprint density at radius 3 is 2.60 bits per heavy atom. The Morgan fingerprint density at radius 1 is 1.07 bits per heavy atom. The summed E-state index contributed by atoms with van der Waals surface area (Å²) in [4.78, 5) is 20.1. The van der Waals surface area contributed by atoms with E-state index in [9.17, 15) is 4.79 Å². The quantitative estimate of drug-likeness (QED) is 0.535. The summed E-state index contributed by atoms with van der Waals surface area (Å²) in [7, 11) is 0. The van der Waals surface area contributed by atoms with E-state index in [1.807, 2.05) is 65.6 Å². The van der Waals surface area contributed by atoms with E-state index in [1.165, 1.54) is 12.8 Å². The van der Waals surface area contributed by atoms with Crippen molar-refractivity contribution < 1.29 is 9.53 Å². The molecule has 0 atom stereocenters. The molecule has 1 heterocycles. The van der Waals surface area contributed by atoms with E-state index in [2.05, 4.69) is 16.8 Å². The first kappa shape index (κ1) is 20.0. The number of pyridine rings is 1. The maximum absolute atomic E-state index is 13.4. The van der Waals surface area contributed by atoms with Crippen LogP contribution >= 0.6 is 0 Å². The molecule has 4 heteroatoms. The van der Waals surface area contributed by atoms with Gasteiger partial charge in [-0.15, -0.1) is 5.92 Å². The second-order valence-electron chi connectivity index (χ2n) is 7.62. The predicted molar refractivity (Wildman–Crippen MR) is 119 cm³/mol. The molecule has 1 saturated carbocycles. The molecule has 0 N–H and O–H groups in total. The molecule has 0 saturated heterocycles. The van der Waals surface area contributed by atoms with Crippen molar-refractivity contribution >= 4 is 16.8 Å². The van der Waals surface area contributed by atoms with Gasteiger partial charge in [0.25, 0.3) is 5.91 Å². The fraction of sp³-hybridized carbons (Fsp3) is 0.308. The summed E-state index contributed by atoms with van der Waals surface area (Å²) in [6.45, 7) is 2.76. The third-order valence-corrected chi connectivity index (χ3v) is 5.61. The van der Waals surface area contributed by atoms with Gasteiger partial charge >= 0.3 is 0 Å². The molecule has 1 aliphatic carbocycles. The molecule has 0 radical (unpaired) electrons. The van der Waals surface area contributed by atoms with E-state index in [0.717, 1.165) is 35.1 Å². The normalized spacial score (nSPS) is 13.6. The molecule has 3 aromatic rings. The third kappa shape index (κ3) is 4.63. The maximum Gasteiger partial charge on any atom is 0.273 e. The molecule has 0 aliphatic heterocycles. The molecular weight excluding hydrogens is 372 g/mol. The Labute approximate surface area is 177 Å². The minimum Gasteiger partial charge on any atom is -0.481 e. The summed E-state index contributed by atoms with van der Waals surface area (Å²) in [5, 5.41) is 1.05. The largest absolute Gasteiger partial charge is 0.481 e. The summed E-state index contributed by atoms with van der Waals surface area (Å²) >= 11 is 0. The van der Waals surface area contributed by atoms with Crippen LogP contribution in [-0.2, 0) is 6.54 Å². The number of rotatable bonds is 6. The highest BCUT2D eigenvalue weighted by Gasteiger charge is 2.28. The lowest BCUT2D eigenvalue weighted by molar-refractivity contribution is 0.0659. The molecule has 2 aromatic carbocycles. The van der Waals surface area contributed by atoms with Gasteiger partial charge in [0, 0.05) is 18.0 Å². The monoisotopic (exact) mass is 398 g/mol. The Bertz CT molecular complexity index is 1070. The van der Waals surface area contributed by atoms with Crippen molar-refractivity contribution in [1.29, 1.82) is 0 Å². The number of amides is 1. The summed E-state index contributed by atoms with van der Waals surface area (Å²) < 4.78 is 5.60. The molecule has 0 spiro atoms. The van der Waals surface area contributed by atoms with Crippen LogP contribution in [-0.4, -0.2) is 28.4 Å². The molecule has 30 heavy (non-hydrogen) atoms. The van der Waals surface area contributed by atoms with Crippen molar-refractivity contribution in [2.24, 2.45) is 0 Å². The minimum atomic E-state index is 0.00574. The second-order valence-corrected chi connectivity index (χ2v) is 7.62. The van der Waals surface area contributed by atoms with Crippen LogP contribution in [0.2, 0.25) is 0 Å². The van der Waals surface area contributed by atoms with Gasteiger partial charge in [0.05, 0.1) is 5.52 Å². The van der Waals surface area contributed by atoms with Crippen molar-refractivity contribution in [2.45, 2.75) is 45.2 Å². The first-order valence-electron chi connectivity index (χ1n) is 10.5. The van der Waals surface area contributed by atoms with Gasteiger partial charge in [-0.2, -0.15) is 0 Å². The Balaban J connectivity index is 1.54. The summed E-state index contributed by atoms with van der Waals surface area (Å²) in [6, 6.07) is 19.9. The van der Waals surface area contributed by atoms with Crippen molar-refractivity contribution in [1.82, 2.24) is 9.88 Å². The van der Waals surface area contributed by atoms with Crippen LogP contribution in [0.4, 0.5) is 0 Å². The van der Waals surface area contributed by atoms with E-state index in [0.29, 0.717) is 18.8 Å². The van der Waals surface area contributed by atoms with E-state index in [1.54, 1.807) is 6.92 Å². The topological polar surface area (TPSA) is 42.4 Å². The number of aromatic nitrogens is 1. The smallest absolute Gasteiger partial charge is 0.273 e. The van der Waals surface area contributed by atoms with Crippen LogP contribution in [0.3, 0.4) is 0 Å². The van der Waals surface area contributed by atoms with Crippen LogP contribution in [0.1, 0.15) is 48.7 Å². The third-order valence-electron chi connectivity index (χ3n) is 5.61. The van der Waals surface area contributed by atoms with Crippen LogP contribution in [0.15, 0.2) is 60.7 Å². The Morgan fingerprint density at radius 2 is 1.83 bits per heavy atom. The molecule has 4 nitrogen and oxygen atoms in total. The molecule has 1 fully saturated rings. The number of carbonyl (C=O) groups excluding carboxylic acids is 1. The average Bonchev–Trinajstić information content (AvgIpc) is 3.32. The van der Waals surface area contributed by atoms with Crippen molar-refractivity contribution in [3.05, 3.63) is 71.9 Å². The van der Waals surface area contributed by atoms with E-state index < -0.39 is 0 Å². The van der Waals surface area contributed by atoms with Crippen molar-refractivity contribution in [2.75, 3.05) is 6.61 Å². The highest BCUT2D eigenvalue weighted by Crippen LogP contribution is 2.27. The van der Waals surface area contributed by atoms with Gasteiger partial charge in [0.2, 0.25) is 0 Å². The van der Waals surface area contributed by atoms with Gasteiger partial charge in [0.15, 0.2) is 0 Å². The van der Waals surface area contributed by atoms with Gasteiger partial charge in [-0.1, -0.05) is 55.2 Å². The highest BCUT2D eigenvalue weighted by atomic mass is 16.5. The summed E-state index contributed by atoms with van der Waals surface area (Å²) in [5.74, 6) is 6.51. The number of hydrogen-bond acceptors (Lipinski definition) is 3. The lowest BCUT2D eigenvalue weighted by atomic mass is 10.1. The van der Waals surface area contributed by atoms with Gasteiger partial charge in [-0.05, 0) is 49.6 Å². The van der Waals surface area contributed by atoms with E-state index in [-0.39, 0.29) is 11.9 Å². The molecular formula is C26H26N2O2. The van der Waals surface area contributed by atoms with Crippen LogP contribution < -0.4 is 4.74 Å². The molecule has 4 rings (SSSR count). The summed E-state index contributed by atoms with van der Waals surface area (Å²) in [5.41, 5.74) is 2.45. The lowest BCUT2D eigenvalue weighted by Gasteiger charge is -2.29. The molecule has 1 amide bonds. The standard InChI is InChI=1S/C26H26N2O2/c1-2-3-18-30-23-15-12-20(13-16-23)19-28(22-9-5-6-10-22)26(29)25-17-14-21-8-4-7-11-24(21)27-25/h4,7-8,11-17,22H,5-6,9-10,18-19H2,1H3. The molecule has 152 valence electrons. The number of carbonyl (C=O) groups is 1. The number of nitrogens with zero attached hydrogens (tertiary/aromatic N) is 2. The zero-order valence-electron chi connectivity index (χ0n) is 17.3.